The molecule has 0 unspecified atom stereocenters. The maximum absolute atomic E-state index is 13.2. The summed E-state index contributed by atoms with van der Waals surface area (Å²) in [5.74, 6) is -0.377. The van der Waals surface area contributed by atoms with Crippen LogP contribution in [0.1, 0.15) is 16.5 Å². The molecule has 2 aromatic carbocycles. The Hall–Kier alpha value is -1.73. The summed E-state index contributed by atoms with van der Waals surface area (Å²) < 4.78 is 41.3. The minimum Gasteiger partial charge on any atom is -0.207 e. The molecule has 1 aromatic heterocycles. The molecule has 0 fully saturated rings. The standard InChI is InChI=1S/C17H13ClFNO2S2/c18-14-4-1-2-6-16(14)24(21,22)20-17(15-5-3-11-23-15)12-7-9-13(19)10-8-12/h1-11,17,20H/t17-/m0/s1. The van der Waals surface area contributed by atoms with Gasteiger partial charge in [0.05, 0.1) is 11.1 Å². The fourth-order valence-electron chi connectivity index (χ4n) is 2.28. The number of hydrogen-bond donors (Lipinski definition) is 1. The van der Waals surface area contributed by atoms with E-state index in [9.17, 15) is 12.8 Å². The number of sulfonamides is 1. The summed E-state index contributed by atoms with van der Waals surface area (Å²) >= 11 is 7.43. The van der Waals surface area contributed by atoms with Crippen LogP contribution < -0.4 is 4.72 Å². The third kappa shape index (κ3) is 3.67. The smallest absolute Gasteiger partial charge is 0.207 e. The number of nitrogens with one attached hydrogen (secondary N) is 1. The van der Waals surface area contributed by atoms with Crippen molar-refractivity contribution in [3.05, 3.63) is 87.3 Å². The Balaban J connectivity index is 2.01. The molecule has 3 aromatic rings. The molecule has 0 aliphatic heterocycles. The van der Waals surface area contributed by atoms with Gasteiger partial charge in [-0.15, -0.1) is 11.3 Å². The highest BCUT2D eigenvalue weighted by atomic mass is 35.5. The van der Waals surface area contributed by atoms with Gasteiger partial charge in [0.15, 0.2) is 0 Å². The minimum atomic E-state index is -3.84. The van der Waals surface area contributed by atoms with Crippen LogP contribution in [-0.4, -0.2) is 8.42 Å². The molecule has 0 saturated heterocycles. The number of rotatable bonds is 5. The Morgan fingerprint density at radius 3 is 2.33 bits per heavy atom. The van der Waals surface area contributed by atoms with Crippen LogP contribution in [-0.2, 0) is 10.0 Å². The fourth-order valence-corrected chi connectivity index (χ4v) is 4.88. The largest absolute Gasteiger partial charge is 0.242 e. The van der Waals surface area contributed by atoms with E-state index in [0.29, 0.717) is 5.56 Å². The van der Waals surface area contributed by atoms with Crippen molar-refractivity contribution in [1.82, 2.24) is 4.72 Å². The second-order valence-electron chi connectivity index (χ2n) is 5.05. The zero-order valence-corrected chi connectivity index (χ0v) is 14.7. The van der Waals surface area contributed by atoms with E-state index in [0.717, 1.165) is 4.88 Å². The third-order valence-corrected chi connectivity index (χ3v) is 6.29. The van der Waals surface area contributed by atoms with Gasteiger partial charge in [0, 0.05) is 4.88 Å². The highest BCUT2D eigenvalue weighted by molar-refractivity contribution is 7.89. The van der Waals surface area contributed by atoms with Crippen molar-refractivity contribution in [3.63, 3.8) is 0 Å². The first-order valence-corrected chi connectivity index (χ1v) is 9.77. The zero-order valence-electron chi connectivity index (χ0n) is 12.3. The van der Waals surface area contributed by atoms with E-state index < -0.39 is 16.1 Å². The van der Waals surface area contributed by atoms with Crippen molar-refractivity contribution in [3.8, 4) is 0 Å². The summed E-state index contributed by atoms with van der Waals surface area (Å²) in [6.45, 7) is 0. The molecule has 0 saturated carbocycles. The monoisotopic (exact) mass is 381 g/mol. The van der Waals surface area contributed by atoms with Gasteiger partial charge < -0.3 is 0 Å². The second kappa shape index (κ2) is 7.03. The van der Waals surface area contributed by atoms with Crippen LogP contribution >= 0.6 is 22.9 Å². The summed E-state index contributed by atoms with van der Waals surface area (Å²) in [5.41, 5.74) is 0.648. The molecule has 1 atom stereocenters. The van der Waals surface area contributed by atoms with E-state index in [1.54, 1.807) is 24.3 Å². The predicted octanol–water partition coefficient (Wildman–Crippen LogP) is 4.61. The van der Waals surface area contributed by atoms with Gasteiger partial charge in [-0.2, -0.15) is 4.72 Å². The number of benzene rings is 2. The maximum atomic E-state index is 13.2. The second-order valence-corrected chi connectivity index (χ2v) is 8.12. The molecule has 0 amide bonds. The molecule has 1 N–H and O–H groups in total. The van der Waals surface area contributed by atoms with Gasteiger partial charge >= 0.3 is 0 Å². The van der Waals surface area contributed by atoms with E-state index in [-0.39, 0.29) is 15.7 Å². The van der Waals surface area contributed by atoms with Gasteiger partial charge in [0.1, 0.15) is 10.7 Å². The van der Waals surface area contributed by atoms with E-state index >= 15 is 0 Å². The predicted molar refractivity (Wildman–Crippen MR) is 94.3 cm³/mol. The van der Waals surface area contributed by atoms with Gasteiger partial charge in [0.25, 0.3) is 0 Å². The molecule has 3 nitrogen and oxygen atoms in total. The Labute approximate surface area is 148 Å². The number of halogens is 2. The van der Waals surface area contributed by atoms with Crippen LogP contribution in [0.2, 0.25) is 5.02 Å². The van der Waals surface area contributed by atoms with Crippen molar-refractivity contribution in [2.45, 2.75) is 10.9 Å². The topological polar surface area (TPSA) is 46.2 Å². The molecular formula is C17H13ClFNO2S2. The van der Waals surface area contributed by atoms with Crippen molar-refractivity contribution in [2.75, 3.05) is 0 Å². The highest BCUT2D eigenvalue weighted by Gasteiger charge is 2.25. The molecule has 0 radical (unpaired) electrons. The summed E-state index contributed by atoms with van der Waals surface area (Å²) in [6.07, 6.45) is 0. The molecule has 0 aliphatic rings. The molecular weight excluding hydrogens is 369 g/mol. The zero-order chi connectivity index (χ0) is 17.2. The summed E-state index contributed by atoms with van der Waals surface area (Å²) in [6, 6.07) is 15.0. The van der Waals surface area contributed by atoms with Crippen LogP contribution in [0.25, 0.3) is 0 Å². The van der Waals surface area contributed by atoms with Gasteiger partial charge in [-0.3, -0.25) is 0 Å². The molecule has 24 heavy (non-hydrogen) atoms. The van der Waals surface area contributed by atoms with Gasteiger partial charge in [0.2, 0.25) is 10.0 Å². The van der Waals surface area contributed by atoms with Crippen molar-refractivity contribution in [2.24, 2.45) is 0 Å². The SMILES string of the molecule is O=S(=O)(N[C@@H](c1ccc(F)cc1)c1cccs1)c1ccccc1Cl. The molecule has 1 heterocycles. The average molecular weight is 382 g/mol. The molecule has 7 heteroatoms. The number of thiophene rings is 1. The molecule has 3 rings (SSSR count). The maximum Gasteiger partial charge on any atom is 0.242 e. The molecule has 124 valence electrons. The van der Waals surface area contributed by atoms with Crippen molar-refractivity contribution >= 4 is 33.0 Å². The number of hydrogen-bond acceptors (Lipinski definition) is 3. The van der Waals surface area contributed by atoms with Crippen LogP contribution in [0.15, 0.2) is 70.9 Å². The van der Waals surface area contributed by atoms with Gasteiger partial charge in [-0.1, -0.05) is 41.9 Å². The van der Waals surface area contributed by atoms with Gasteiger partial charge in [-0.25, -0.2) is 12.8 Å². The lowest BCUT2D eigenvalue weighted by molar-refractivity contribution is 0.573. The Kier molecular flexibility index (Phi) is 5.01. The Bertz CT molecular complexity index is 925. The van der Waals surface area contributed by atoms with E-state index in [2.05, 4.69) is 4.72 Å². The normalized spacial score (nSPS) is 12.9. The lowest BCUT2D eigenvalue weighted by atomic mass is 10.1. The summed E-state index contributed by atoms with van der Waals surface area (Å²) in [5, 5.41) is 2.00. The minimum absolute atomic E-state index is 0.00957. The first-order valence-electron chi connectivity index (χ1n) is 7.03. The first kappa shape index (κ1) is 17.1. The Morgan fingerprint density at radius 1 is 1.00 bits per heavy atom. The van der Waals surface area contributed by atoms with Crippen molar-refractivity contribution < 1.29 is 12.8 Å². The van der Waals surface area contributed by atoms with Gasteiger partial charge in [-0.05, 0) is 41.3 Å². The average Bonchev–Trinajstić information content (AvgIpc) is 3.08. The Morgan fingerprint density at radius 2 is 1.71 bits per heavy atom. The van der Waals surface area contributed by atoms with Crippen LogP contribution in [0, 0.1) is 5.82 Å². The van der Waals surface area contributed by atoms with E-state index in [1.807, 2.05) is 17.5 Å². The van der Waals surface area contributed by atoms with E-state index in [4.69, 9.17) is 11.6 Å². The lowest BCUT2D eigenvalue weighted by Crippen LogP contribution is -2.29. The first-order chi connectivity index (χ1) is 11.5. The van der Waals surface area contributed by atoms with E-state index in [1.165, 1.54) is 35.6 Å². The highest BCUT2D eigenvalue weighted by Crippen LogP contribution is 2.29. The quantitative estimate of drug-likeness (QED) is 0.701. The van der Waals surface area contributed by atoms with Crippen molar-refractivity contribution in [1.29, 1.82) is 0 Å². The third-order valence-electron chi connectivity index (χ3n) is 3.43. The molecule has 0 spiro atoms. The summed E-state index contributed by atoms with van der Waals surface area (Å²) in [4.78, 5) is 0.813. The molecule has 0 bridgehead atoms. The summed E-state index contributed by atoms with van der Waals surface area (Å²) in [7, 11) is -3.84. The van der Waals surface area contributed by atoms with Crippen LogP contribution in [0.3, 0.4) is 0 Å². The lowest BCUT2D eigenvalue weighted by Gasteiger charge is -2.18. The molecule has 0 aliphatic carbocycles. The fraction of sp³-hybridized carbons (Fsp3) is 0.0588. The van der Waals surface area contributed by atoms with Crippen LogP contribution in [0.4, 0.5) is 4.39 Å². The van der Waals surface area contributed by atoms with Crippen LogP contribution in [0.5, 0.6) is 0 Å².